The van der Waals surface area contributed by atoms with Crippen molar-refractivity contribution >= 4 is 17.5 Å². The molecule has 0 aliphatic carbocycles. The minimum absolute atomic E-state index is 0.0111. The minimum Gasteiger partial charge on any atom is -0.493 e. The van der Waals surface area contributed by atoms with Crippen molar-refractivity contribution < 1.29 is 19.1 Å². The lowest BCUT2D eigenvalue weighted by atomic mass is 10.1. The van der Waals surface area contributed by atoms with Crippen LogP contribution in [0.3, 0.4) is 0 Å². The van der Waals surface area contributed by atoms with Gasteiger partial charge in [-0.2, -0.15) is 0 Å². The number of ether oxygens (including phenoxy) is 2. The first-order chi connectivity index (χ1) is 13.5. The van der Waals surface area contributed by atoms with Crippen molar-refractivity contribution in [2.45, 2.75) is 20.3 Å². The van der Waals surface area contributed by atoms with Gasteiger partial charge >= 0.3 is 0 Å². The zero-order valence-electron chi connectivity index (χ0n) is 16.4. The Morgan fingerprint density at radius 2 is 1.79 bits per heavy atom. The van der Waals surface area contributed by atoms with Gasteiger partial charge in [0.15, 0.2) is 0 Å². The quantitative estimate of drug-likeness (QED) is 0.833. The summed E-state index contributed by atoms with van der Waals surface area (Å²) in [5.41, 5.74) is 3.51. The highest BCUT2D eigenvalue weighted by Gasteiger charge is 2.18. The largest absolute Gasteiger partial charge is 0.493 e. The highest BCUT2D eigenvalue weighted by molar-refractivity contribution is 5.95. The van der Waals surface area contributed by atoms with Gasteiger partial charge in [-0.3, -0.25) is 9.59 Å². The number of carbonyl (C=O) groups is 2. The Kier molecular flexibility index (Phi) is 6.66. The third kappa shape index (κ3) is 5.33. The molecule has 0 saturated carbocycles. The standard InChI is InChI=1S/C22H26N2O4/c1-16-3-8-20(17(2)15-16)28-12-9-21(25)23-19-6-4-18(5-7-19)22(26)24-10-13-27-14-11-24/h3-8,15H,9-14H2,1-2H3,(H,23,25). The summed E-state index contributed by atoms with van der Waals surface area (Å²) >= 11 is 0. The fourth-order valence-corrected chi connectivity index (χ4v) is 3.08. The van der Waals surface area contributed by atoms with E-state index in [0.29, 0.717) is 44.2 Å². The summed E-state index contributed by atoms with van der Waals surface area (Å²) in [6.07, 6.45) is 0.252. The molecule has 0 spiro atoms. The van der Waals surface area contributed by atoms with Crippen molar-refractivity contribution in [2.24, 2.45) is 0 Å². The second-order valence-electron chi connectivity index (χ2n) is 6.90. The Bertz CT molecular complexity index is 827. The van der Waals surface area contributed by atoms with E-state index in [2.05, 4.69) is 11.4 Å². The molecule has 1 aliphatic heterocycles. The van der Waals surface area contributed by atoms with Crippen LogP contribution in [0.15, 0.2) is 42.5 Å². The molecule has 6 heteroatoms. The van der Waals surface area contributed by atoms with Crippen LogP contribution < -0.4 is 10.1 Å². The average Bonchev–Trinajstić information content (AvgIpc) is 2.70. The number of carbonyl (C=O) groups excluding carboxylic acids is 2. The lowest BCUT2D eigenvalue weighted by Gasteiger charge is -2.26. The molecule has 148 valence electrons. The van der Waals surface area contributed by atoms with E-state index in [1.807, 2.05) is 26.0 Å². The number of benzene rings is 2. The Balaban J connectivity index is 1.46. The third-order valence-corrected chi connectivity index (χ3v) is 4.63. The SMILES string of the molecule is Cc1ccc(OCCC(=O)Nc2ccc(C(=O)N3CCOCC3)cc2)c(C)c1. The van der Waals surface area contributed by atoms with E-state index < -0.39 is 0 Å². The zero-order chi connectivity index (χ0) is 19.9. The number of aryl methyl sites for hydroxylation is 2. The summed E-state index contributed by atoms with van der Waals surface area (Å²) in [6, 6.07) is 12.9. The predicted octanol–water partition coefficient (Wildman–Crippen LogP) is 3.18. The first-order valence-corrected chi connectivity index (χ1v) is 9.50. The number of rotatable bonds is 6. The summed E-state index contributed by atoms with van der Waals surface area (Å²) in [5.74, 6) is 0.657. The molecule has 1 N–H and O–H groups in total. The molecular formula is C22H26N2O4. The van der Waals surface area contributed by atoms with Gasteiger partial charge in [-0.1, -0.05) is 17.7 Å². The Morgan fingerprint density at radius 1 is 1.07 bits per heavy atom. The summed E-state index contributed by atoms with van der Waals surface area (Å²) < 4.78 is 11.0. The number of nitrogens with one attached hydrogen (secondary N) is 1. The lowest BCUT2D eigenvalue weighted by molar-refractivity contribution is -0.116. The maximum Gasteiger partial charge on any atom is 0.254 e. The molecule has 0 aromatic heterocycles. The molecule has 28 heavy (non-hydrogen) atoms. The van der Waals surface area contributed by atoms with Gasteiger partial charge in [0.05, 0.1) is 26.2 Å². The summed E-state index contributed by atoms with van der Waals surface area (Å²) in [6.45, 7) is 6.69. The number of hydrogen-bond acceptors (Lipinski definition) is 4. The van der Waals surface area contributed by atoms with Gasteiger partial charge in [0.25, 0.3) is 5.91 Å². The molecule has 0 bridgehead atoms. The maximum atomic E-state index is 12.4. The molecule has 3 rings (SSSR count). The minimum atomic E-state index is -0.128. The van der Waals surface area contributed by atoms with Crippen molar-refractivity contribution in [3.8, 4) is 5.75 Å². The van der Waals surface area contributed by atoms with E-state index in [9.17, 15) is 9.59 Å². The molecule has 2 aromatic rings. The summed E-state index contributed by atoms with van der Waals surface area (Å²) in [5, 5.41) is 2.83. The van der Waals surface area contributed by atoms with E-state index in [-0.39, 0.29) is 18.2 Å². The highest BCUT2D eigenvalue weighted by Crippen LogP contribution is 2.19. The monoisotopic (exact) mass is 382 g/mol. The van der Waals surface area contributed by atoms with Crippen molar-refractivity contribution in [1.82, 2.24) is 4.90 Å². The van der Waals surface area contributed by atoms with E-state index in [4.69, 9.17) is 9.47 Å². The molecule has 0 unspecified atom stereocenters. The fourth-order valence-electron chi connectivity index (χ4n) is 3.08. The average molecular weight is 382 g/mol. The molecule has 6 nitrogen and oxygen atoms in total. The summed E-state index contributed by atoms with van der Waals surface area (Å²) in [4.78, 5) is 26.3. The number of anilines is 1. The molecule has 2 amide bonds. The first-order valence-electron chi connectivity index (χ1n) is 9.50. The van der Waals surface area contributed by atoms with Gasteiger partial charge in [0.2, 0.25) is 5.91 Å². The maximum absolute atomic E-state index is 12.4. The van der Waals surface area contributed by atoms with Gasteiger partial charge < -0.3 is 19.7 Å². The molecule has 1 aliphatic rings. The van der Waals surface area contributed by atoms with Crippen LogP contribution in [0, 0.1) is 13.8 Å². The fraction of sp³-hybridized carbons (Fsp3) is 0.364. The molecular weight excluding hydrogens is 356 g/mol. The van der Waals surface area contributed by atoms with Crippen molar-refractivity contribution in [3.05, 3.63) is 59.2 Å². The zero-order valence-corrected chi connectivity index (χ0v) is 16.4. The van der Waals surface area contributed by atoms with E-state index in [0.717, 1.165) is 11.3 Å². The number of amides is 2. The van der Waals surface area contributed by atoms with Gasteiger partial charge in [0, 0.05) is 24.3 Å². The van der Waals surface area contributed by atoms with E-state index >= 15 is 0 Å². The second-order valence-corrected chi connectivity index (χ2v) is 6.90. The number of hydrogen-bond donors (Lipinski definition) is 1. The van der Waals surface area contributed by atoms with Crippen molar-refractivity contribution in [3.63, 3.8) is 0 Å². The van der Waals surface area contributed by atoms with E-state index in [1.165, 1.54) is 5.56 Å². The predicted molar refractivity (Wildman–Crippen MR) is 108 cm³/mol. The number of nitrogens with zero attached hydrogens (tertiary/aromatic N) is 1. The van der Waals surface area contributed by atoms with Crippen molar-refractivity contribution in [2.75, 3.05) is 38.2 Å². The smallest absolute Gasteiger partial charge is 0.254 e. The molecule has 1 fully saturated rings. The van der Waals surface area contributed by atoms with Crippen LogP contribution in [0.5, 0.6) is 5.75 Å². The molecule has 1 saturated heterocycles. The third-order valence-electron chi connectivity index (χ3n) is 4.63. The Hall–Kier alpha value is -2.86. The van der Waals surface area contributed by atoms with Crippen molar-refractivity contribution in [1.29, 1.82) is 0 Å². The first kappa shape index (κ1) is 19.9. The highest BCUT2D eigenvalue weighted by atomic mass is 16.5. The number of morpholine rings is 1. The molecule has 2 aromatic carbocycles. The van der Waals surface area contributed by atoms with Crippen LogP contribution in [-0.2, 0) is 9.53 Å². The normalized spacial score (nSPS) is 13.9. The lowest BCUT2D eigenvalue weighted by Crippen LogP contribution is -2.40. The van der Waals surface area contributed by atoms with Crippen LogP contribution in [0.1, 0.15) is 27.9 Å². The molecule has 0 radical (unpaired) electrons. The van der Waals surface area contributed by atoms with Gasteiger partial charge in [0.1, 0.15) is 5.75 Å². The van der Waals surface area contributed by atoms with Crippen LogP contribution in [0.4, 0.5) is 5.69 Å². The van der Waals surface area contributed by atoms with Crippen LogP contribution in [-0.4, -0.2) is 49.6 Å². The second kappa shape index (κ2) is 9.37. The molecule has 1 heterocycles. The van der Waals surface area contributed by atoms with Gasteiger partial charge in [-0.25, -0.2) is 0 Å². The molecule has 0 atom stereocenters. The van der Waals surface area contributed by atoms with E-state index in [1.54, 1.807) is 29.2 Å². The Labute approximate surface area is 165 Å². The van der Waals surface area contributed by atoms with Gasteiger partial charge in [-0.05, 0) is 49.7 Å². The summed E-state index contributed by atoms with van der Waals surface area (Å²) in [7, 11) is 0. The topological polar surface area (TPSA) is 67.9 Å². The van der Waals surface area contributed by atoms with Crippen LogP contribution in [0.2, 0.25) is 0 Å². The van der Waals surface area contributed by atoms with Gasteiger partial charge in [-0.15, -0.1) is 0 Å². The van der Waals surface area contributed by atoms with Crippen LogP contribution >= 0.6 is 0 Å². The van der Waals surface area contributed by atoms with Crippen LogP contribution in [0.25, 0.3) is 0 Å². The Morgan fingerprint density at radius 3 is 2.46 bits per heavy atom.